The van der Waals surface area contributed by atoms with Crippen LogP contribution < -0.4 is 10.8 Å². The smallest absolute Gasteiger partial charge is 0.243 e. The van der Waals surface area contributed by atoms with Gasteiger partial charge < -0.3 is 19.9 Å². The normalized spacial score (nSPS) is 18.7. The minimum atomic E-state index is -0.625. The Bertz CT molecular complexity index is 1230. The van der Waals surface area contributed by atoms with Crippen molar-refractivity contribution in [1.29, 1.82) is 0 Å². The largest absolute Gasteiger partial charge is 0.392 e. The summed E-state index contributed by atoms with van der Waals surface area (Å²) < 4.78 is 12.8. The van der Waals surface area contributed by atoms with Crippen LogP contribution in [0.15, 0.2) is 78.0 Å². The van der Waals surface area contributed by atoms with E-state index in [1.165, 1.54) is 0 Å². The number of carbonyl (C=O) groups is 2. The van der Waals surface area contributed by atoms with Crippen LogP contribution in [0, 0.1) is 0 Å². The summed E-state index contributed by atoms with van der Waals surface area (Å²) in [7, 11) is 0. The zero-order valence-electron chi connectivity index (χ0n) is 22.2. The molecule has 0 radical (unpaired) electrons. The number of aliphatic hydroxyl groups excluding tert-OH is 1. The number of hydroxylamine groups is 1. The second-order valence-electron chi connectivity index (χ2n) is 9.60. The van der Waals surface area contributed by atoms with Gasteiger partial charge in [-0.3, -0.25) is 14.8 Å². The van der Waals surface area contributed by atoms with Crippen molar-refractivity contribution in [2.75, 3.05) is 11.1 Å². The zero-order valence-corrected chi connectivity index (χ0v) is 23.0. The fourth-order valence-electron chi connectivity index (χ4n) is 4.42. The van der Waals surface area contributed by atoms with Crippen molar-refractivity contribution in [2.45, 2.75) is 68.7 Å². The van der Waals surface area contributed by atoms with Gasteiger partial charge in [-0.25, -0.2) is 10.5 Å². The number of carbonyl (C=O) groups excluding carboxylic acids is 2. The maximum atomic E-state index is 12.5. The Balaban J connectivity index is 1.40. The lowest BCUT2D eigenvalue weighted by Gasteiger charge is -2.36. The predicted octanol–water partition coefficient (Wildman–Crippen LogP) is 5.31. The Hall–Kier alpha value is -3.28. The van der Waals surface area contributed by atoms with Crippen molar-refractivity contribution >= 4 is 29.3 Å². The molecular formula is C30H35N3O6S. The lowest BCUT2D eigenvalue weighted by atomic mass is 10.0. The highest BCUT2D eigenvalue weighted by Crippen LogP contribution is 2.39. The summed E-state index contributed by atoms with van der Waals surface area (Å²) in [6.45, 7) is -0.0136. The first-order chi connectivity index (χ1) is 19.5. The molecule has 3 aromatic rings. The van der Waals surface area contributed by atoms with Crippen molar-refractivity contribution in [2.24, 2.45) is 0 Å². The van der Waals surface area contributed by atoms with E-state index < -0.39 is 12.2 Å². The number of ether oxygens (including phenoxy) is 2. The molecule has 2 aromatic carbocycles. The number of hydrogen-bond acceptors (Lipinski definition) is 8. The summed E-state index contributed by atoms with van der Waals surface area (Å²) in [4.78, 5) is 28.0. The van der Waals surface area contributed by atoms with Crippen molar-refractivity contribution in [3.63, 3.8) is 0 Å². The van der Waals surface area contributed by atoms with Gasteiger partial charge in [0.05, 0.1) is 23.8 Å². The van der Waals surface area contributed by atoms with Crippen LogP contribution in [-0.4, -0.2) is 39.0 Å². The number of unbranched alkanes of at least 4 members (excludes halogenated alkanes) is 2. The first kappa shape index (κ1) is 29.7. The highest BCUT2D eigenvalue weighted by Gasteiger charge is 2.32. The standard InChI is InChI=1S/C30H35N3O6S/c34-19-21-12-14-22(15-13-21)26-18-25(20-40-29-11-4-5-16-31-29)38-30(39-26)23-7-6-8-24(17-23)32-27(35)9-2-1-3-10-28(36)33-37/h4-8,11-17,25-26,30,34,37H,1-3,9-10,18-20H2,(H,32,35)(H,33,36)/t25-,26+,30+/m1/s1. The molecule has 0 aliphatic carbocycles. The molecule has 2 amide bonds. The lowest BCUT2D eigenvalue weighted by molar-refractivity contribution is -0.245. The van der Waals surface area contributed by atoms with Crippen LogP contribution in [-0.2, 0) is 25.7 Å². The maximum Gasteiger partial charge on any atom is 0.243 e. The van der Waals surface area contributed by atoms with Crippen molar-refractivity contribution in [1.82, 2.24) is 10.5 Å². The van der Waals surface area contributed by atoms with Crippen LogP contribution in [0.25, 0.3) is 0 Å². The monoisotopic (exact) mass is 565 g/mol. The van der Waals surface area contributed by atoms with Crippen LogP contribution >= 0.6 is 11.8 Å². The quantitative estimate of drug-likeness (QED) is 0.0950. The molecule has 4 rings (SSSR count). The van der Waals surface area contributed by atoms with Gasteiger partial charge in [0.25, 0.3) is 0 Å². The number of anilines is 1. The van der Waals surface area contributed by atoms with Crippen molar-refractivity contribution in [3.05, 3.63) is 89.6 Å². The van der Waals surface area contributed by atoms with E-state index >= 15 is 0 Å². The fraction of sp³-hybridized carbons (Fsp3) is 0.367. The second kappa shape index (κ2) is 15.5. The lowest BCUT2D eigenvalue weighted by Crippen LogP contribution is -2.31. The fourth-order valence-corrected chi connectivity index (χ4v) is 5.31. The molecule has 0 bridgehead atoms. The molecule has 4 N–H and O–H groups in total. The van der Waals surface area contributed by atoms with E-state index in [4.69, 9.17) is 14.7 Å². The van der Waals surface area contributed by atoms with Gasteiger partial charge in [0.15, 0.2) is 6.29 Å². The third-order valence-electron chi connectivity index (χ3n) is 6.54. The molecule has 0 saturated carbocycles. The highest BCUT2D eigenvalue weighted by atomic mass is 32.2. The second-order valence-corrected chi connectivity index (χ2v) is 10.6. The molecule has 0 unspecified atom stereocenters. The summed E-state index contributed by atoms with van der Waals surface area (Å²) in [5, 5.41) is 21.8. The average molecular weight is 566 g/mol. The number of nitrogens with zero attached hydrogens (tertiary/aromatic N) is 1. The molecule has 1 aromatic heterocycles. The molecule has 3 atom stereocenters. The van der Waals surface area contributed by atoms with Gasteiger partial charge in [0.2, 0.25) is 11.8 Å². The number of nitrogens with one attached hydrogen (secondary N) is 2. The van der Waals surface area contributed by atoms with E-state index in [1.807, 2.05) is 66.7 Å². The van der Waals surface area contributed by atoms with Crippen molar-refractivity contribution in [3.8, 4) is 0 Å². The Morgan fingerprint density at radius 3 is 2.45 bits per heavy atom. The molecule has 1 saturated heterocycles. The van der Waals surface area contributed by atoms with E-state index in [0.29, 0.717) is 43.5 Å². The van der Waals surface area contributed by atoms with Gasteiger partial charge in [0, 0.05) is 42.5 Å². The third-order valence-corrected chi connectivity index (χ3v) is 7.62. The topological polar surface area (TPSA) is 130 Å². The molecular weight excluding hydrogens is 530 g/mol. The number of thioether (sulfide) groups is 1. The first-order valence-corrected chi connectivity index (χ1v) is 14.4. The van der Waals surface area contributed by atoms with Crippen molar-refractivity contribution < 1.29 is 29.4 Å². The van der Waals surface area contributed by atoms with Crippen LogP contribution in [0.3, 0.4) is 0 Å². The average Bonchev–Trinajstić information content (AvgIpc) is 3.00. The number of pyridine rings is 1. The van der Waals surface area contributed by atoms with E-state index in [2.05, 4.69) is 10.3 Å². The van der Waals surface area contributed by atoms with E-state index in [0.717, 1.165) is 21.7 Å². The Morgan fingerprint density at radius 2 is 1.73 bits per heavy atom. The summed E-state index contributed by atoms with van der Waals surface area (Å²) in [6.07, 6.45) is 4.05. The minimum Gasteiger partial charge on any atom is -0.392 e. The zero-order chi connectivity index (χ0) is 28.2. The number of aromatic nitrogens is 1. The number of amides is 2. The summed E-state index contributed by atoms with van der Waals surface area (Å²) >= 11 is 1.64. The molecule has 1 aliphatic heterocycles. The summed E-state index contributed by atoms with van der Waals surface area (Å²) in [5.41, 5.74) is 4.92. The van der Waals surface area contributed by atoms with Gasteiger partial charge in [-0.1, -0.05) is 48.9 Å². The van der Waals surface area contributed by atoms with Crippen LogP contribution in [0.2, 0.25) is 0 Å². The molecule has 1 fully saturated rings. The van der Waals surface area contributed by atoms with E-state index in [1.54, 1.807) is 23.4 Å². The van der Waals surface area contributed by atoms with Gasteiger partial charge >= 0.3 is 0 Å². The van der Waals surface area contributed by atoms with E-state index in [9.17, 15) is 14.7 Å². The molecule has 2 heterocycles. The van der Waals surface area contributed by atoms with Gasteiger partial charge in [-0.2, -0.15) is 0 Å². The molecule has 1 aliphatic rings. The Morgan fingerprint density at radius 1 is 0.925 bits per heavy atom. The minimum absolute atomic E-state index is 0.0136. The van der Waals surface area contributed by atoms with Crippen LogP contribution in [0.5, 0.6) is 0 Å². The molecule has 0 spiro atoms. The SMILES string of the molecule is O=C(CCCCCC(=O)Nc1cccc([C@H]2O[C@@H](CSc3ccccn3)C[C@@H](c3ccc(CO)cc3)O2)c1)NO. The van der Waals surface area contributed by atoms with Gasteiger partial charge in [-0.05, 0) is 48.2 Å². The summed E-state index contributed by atoms with van der Waals surface area (Å²) in [5.74, 6) is 0.175. The predicted molar refractivity (Wildman–Crippen MR) is 151 cm³/mol. The molecule has 40 heavy (non-hydrogen) atoms. The summed E-state index contributed by atoms with van der Waals surface area (Å²) in [6, 6.07) is 21.1. The van der Waals surface area contributed by atoms with Crippen LogP contribution in [0.4, 0.5) is 5.69 Å². The van der Waals surface area contributed by atoms with Crippen LogP contribution in [0.1, 0.15) is 67.6 Å². The molecule has 212 valence electrons. The number of hydrogen-bond donors (Lipinski definition) is 4. The third kappa shape index (κ3) is 9.14. The van der Waals surface area contributed by atoms with Gasteiger partial charge in [-0.15, -0.1) is 11.8 Å². The molecule has 10 heteroatoms. The maximum absolute atomic E-state index is 12.5. The number of rotatable bonds is 13. The first-order valence-electron chi connectivity index (χ1n) is 13.4. The molecule has 9 nitrogen and oxygen atoms in total. The van der Waals surface area contributed by atoms with E-state index in [-0.39, 0.29) is 31.1 Å². The number of benzene rings is 2. The Kier molecular flexibility index (Phi) is 11.5. The van der Waals surface area contributed by atoms with Gasteiger partial charge in [0.1, 0.15) is 0 Å². The Labute approximate surface area is 238 Å². The highest BCUT2D eigenvalue weighted by molar-refractivity contribution is 7.99. The number of aliphatic hydroxyl groups is 1.